The van der Waals surface area contributed by atoms with Gasteiger partial charge in [-0.1, -0.05) is 0 Å². The second kappa shape index (κ2) is 7.81. The Morgan fingerprint density at radius 1 is 1.07 bits per heavy atom. The van der Waals surface area contributed by atoms with Gasteiger partial charge in [0.05, 0.1) is 4.92 Å². The predicted molar refractivity (Wildman–Crippen MR) is 93.2 cm³/mol. The normalized spacial score (nSPS) is 11.7. The summed E-state index contributed by atoms with van der Waals surface area (Å²) in [5, 5.41) is 11.3. The zero-order valence-electron chi connectivity index (χ0n) is 16.0. The van der Waals surface area contributed by atoms with Crippen LogP contribution in [0.1, 0.15) is 67.8 Å². The molecule has 1 rings (SSSR count). The molecule has 1 aromatic rings. The summed E-state index contributed by atoms with van der Waals surface area (Å²) in [6.45, 7) is 9.14. The fourth-order valence-corrected chi connectivity index (χ4v) is 2.16. The number of halogens is 1. The number of nitro groups is 1. The van der Waals surface area contributed by atoms with Crippen molar-refractivity contribution in [2.45, 2.75) is 59.2 Å². The molecule has 0 N–H and O–H groups in total. The first-order chi connectivity index (χ1) is 12.2. The third-order valence-electron chi connectivity index (χ3n) is 3.03. The molecule has 9 heteroatoms. The van der Waals surface area contributed by atoms with Gasteiger partial charge in [0.1, 0.15) is 23.1 Å². The highest BCUT2D eigenvalue weighted by atomic mass is 19.1. The van der Waals surface area contributed by atoms with Gasteiger partial charge in [0, 0.05) is 12.5 Å². The molecule has 0 unspecified atom stereocenters. The number of benzene rings is 1. The van der Waals surface area contributed by atoms with Crippen molar-refractivity contribution in [1.82, 2.24) is 0 Å². The van der Waals surface area contributed by atoms with Crippen LogP contribution in [0.4, 0.5) is 10.1 Å². The molecule has 0 heterocycles. The van der Waals surface area contributed by atoms with Crippen LogP contribution in [-0.4, -0.2) is 34.4 Å². The average Bonchev–Trinajstić information content (AvgIpc) is 2.42. The van der Waals surface area contributed by atoms with Crippen molar-refractivity contribution >= 4 is 23.9 Å². The SMILES string of the molecule is CC(C)(C)OC(=O)c1c(CC=O)cc([N+](=O)[O-])c(C(=O)OC(C)(C)C)c1F. The molecular weight excluding hydrogens is 361 g/mol. The number of hydrogen-bond donors (Lipinski definition) is 0. The molecule has 8 nitrogen and oxygen atoms in total. The van der Waals surface area contributed by atoms with Gasteiger partial charge in [0.2, 0.25) is 0 Å². The first kappa shape index (κ1) is 22.2. The van der Waals surface area contributed by atoms with Crippen LogP contribution in [-0.2, 0) is 20.7 Å². The maximum Gasteiger partial charge on any atom is 0.348 e. The smallest absolute Gasteiger partial charge is 0.348 e. The largest absolute Gasteiger partial charge is 0.456 e. The van der Waals surface area contributed by atoms with Crippen molar-refractivity contribution < 1.29 is 33.2 Å². The fraction of sp³-hybridized carbons (Fsp3) is 0.500. The molecule has 0 spiro atoms. The maximum atomic E-state index is 15.1. The number of aldehydes is 1. The van der Waals surface area contributed by atoms with Crippen molar-refractivity contribution in [3.63, 3.8) is 0 Å². The highest BCUT2D eigenvalue weighted by Gasteiger charge is 2.36. The molecule has 1 aromatic carbocycles. The van der Waals surface area contributed by atoms with E-state index in [1.165, 1.54) is 20.8 Å². The number of nitrogens with zero attached hydrogens (tertiary/aromatic N) is 1. The minimum atomic E-state index is -1.45. The Morgan fingerprint density at radius 2 is 1.52 bits per heavy atom. The maximum absolute atomic E-state index is 15.1. The zero-order chi connectivity index (χ0) is 21.2. The minimum Gasteiger partial charge on any atom is -0.456 e. The van der Waals surface area contributed by atoms with Gasteiger partial charge in [-0.05, 0) is 47.1 Å². The van der Waals surface area contributed by atoms with Gasteiger partial charge in [-0.15, -0.1) is 0 Å². The molecule has 0 amide bonds. The monoisotopic (exact) mass is 383 g/mol. The van der Waals surface area contributed by atoms with Crippen LogP contribution in [0.2, 0.25) is 0 Å². The van der Waals surface area contributed by atoms with Crippen molar-refractivity contribution in [1.29, 1.82) is 0 Å². The quantitative estimate of drug-likeness (QED) is 0.331. The first-order valence-corrected chi connectivity index (χ1v) is 8.08. The zero-order valence-corrected chi connectivity index (χ0v) is 16.0. The second-order valence-electron chi connectivity index (χ2n) is 7.75. The number of esters is 2. The Kier molecular flexibility index (Phi) is 6.42. The van der Waals surface area contributed by atoms with Gasteiger partial charge in [-0.25, -0.2) is 14.0 Å². The number of rotatable bonds is 5. The third-order valence-corrected chi connectivity index (χ3v) is 3.03. The summed E-state index contributed by atoms with van der Waals surface area (Å²) < 4.78 is 25.2. The lowest BCUT2D eigenvalue weighted by molar-refractivity contribution is -0.385. The summed E-state index contributed by atoms with van der Waals surface area (Å²) in [4.78, 5) is 46.0. The Labute approximate surface area is 155 Å². The molecule has 0 aliphatic carbocycles. The van der Waals surface area contributed by atoms with E-state index in [0.717, 1.165) is 6.07 Å². The molecule has 0 saturated carbocycles. The molecule has 0 bridgehead atoms. The highest BCUT2D eigenvalue weighted by molar-refractivity contribution is 6.00. The van der Waals surface area contributed by atoms with E-state index >= 15 is 4.39 Å². The van der Waals surface area contributed by atoms with E-state index in [1.54, 1.807) is 20.8 Å². The predicted octanol–water partition coefficient (Wildman–Crippen LogP) is 3.39. The van der Waals surface area contributed by atoms with Crippen LogP contribution < -0.4 is 0 Å². The van der Waals surface area contributed by atoms with Gasteiger partial charge >= 0.3 is 11.9 Å². The van der Waals surface area contributed by atoms with Crippen LogP contribution in [0.5, 0.6) is 0 Å². The standard InChI is InChI=1S/C18H22FNO7/c1-17(2,3)26-15(22)12-10(7-8-21)9-11(20(24)25)13(14(12)19)16(23)27-18(4,5)6/h8-9H,7H2,1-6H3. The van der Waals surface area contributed by atoms with E-state index in [1.807, 2.05) is 0 Å². The molecule has 0 atom stereocenters. The molecule has 0 radical (unpaired) electrons. The third kappa shape index (κ3) is 5.83. The molecule has 148 valence electrons. The van der Waals surface area contributed by atoms with Gasteiger partial charge in [-0.2, -0.15) is 0 Å². The number of nitro benzene ring substituents is 1. The van der Waals surface area contributed by atoms with Gasteiger partial charge in [0.25, 0.3) is 5.69 Å². The first-order valence-electron chi connectivity index (χ1n) is 8.08. The van der Waals surface area contributed by atoms with Crippen LogP contribution in [0.3, 0.4) is 0 Å². The van der Waals surface area contributed by atoms with Crippen LogP contribution >= 0.6 is 0 Å². The summed E-state index contributed by atoms with van der Waals surface area (Å²) in [5.74, 6) is -3.89. The summed E-state index contributed by atoms with van der Waals surface area (Å²) >= 11 is 0. The van der Waals surface area contributed by atoms with E-state index in [0.29, 0.717) is 6.29 Å². The number of carbonyl (C=O) groups is 3. The minimum absolute atomic E-state index is 0.254. The van der Waals surface area contributed by atoms with E-state index in [4.69, 9.17) is 9.47 Å². The molecule has 0 aliphatic heterocycles. The molecule has 27 heavy (non-hydrogen) atoms. The van der Waals surface area contributed by atoms with Crippen LogP contribution in [0.15, 0.2) is 6.07 Å². The van der Waals surface area contributed by atoms with Crippen LogP contribution in [0.25, 0.3) is 0 Å². The van der Waals surface area contributed by atoms with Gasteiger partial charge in [0.15, 0.2) is 11.4 Å². The number of ether oxygens (including phenoxy) is 2. The number of carbonyl (C=O) groups excluding carboxylic acids is 3. The summed E-state index contributed by atoms with van der Waals surface area (Å²) in [6.07, 6.45) is -0.111. The summed E-state index contributed by atoms with van der Waals surface area (Å²) in [6, 6.07) is 0.815. The number of hydrogen-bond acceptors (Lipinski definition) is 7. The van der Waals surface area contributed by atoms with Crippen molar-refractivity contribution in [3.05, 3.63) is 38.7 Å². The van der Waals surface area contributed by atoms with E-state index in [-0.39, 0.29) is 5.56 Å². The second-order valence-corrected chi connectivity index (χ2v) is 7.75. The van der Waals surface area contributed by atoms with Crippen molar-refractivity contribution in [2.24, 2.45) is 0 Å². The summed E-state index contributed by atoms with van der Waals surface area (Å²) in [7, 11) is 0. The molecule has 0 aromatic heterocycles. The fourth-order valence-electron chi connectivity index (χ4n) is 2.16. The summed E-state index contributed by atoms with van der Waals surface area (Å²) in [5.41, 5.74) is -4.89. The molecular formula is C18H22FNO7. The van der Waals surface area contributed by atoms with Crippen molar-refractivity contribution in [2.75, 3.05) is 0 Å². The Balaban J connectivity index is 3.73. The van der Waals surface area contributed by atoms with Gasteiger partial charge in [-0.3, -0.25) is 10.1 Å². The molecule has 0 fully saturated rings. The highest BCUT2D eigenvalue weighted by Crippen LogP contribution is 2.31. The lowest BCUT2D eigenvalue weighted by atomic mass is 9.98. The van der Waals surface area contributed by atoms with Crippen molar-refractivity contribution in [3.8, 4) is 0 Å². The lowest BCUT2D eigenvalue weighted by Crippen LogP contribution is -2.28. The lowest BCUT2D eigenvalue weighted by Gasteiger charge is -2.22. The average molecular weight is 383 g/mol. The van der Waals surface area contributed by atoms with Crippen LogP contribution in [0, 0.1) is 15.9 Å². The Bertz CT molecular complexity index is 788. The topological polar surface area (TPSA) is 113 Å². The van der Waals surface area contributed by atoms with E-state index in [2.05, 4.69) is 0 Å². The Morgan fingerprint density at radius 3 is 1.89 bits per heavy atom. The Hall–Kier alpha value is -2.84. The van der Waals surface area contributed by atoms with E-state index < -0.39 is 57.1 Å². The van der Waals surface area contributed by atoms with Gasteiger partial charge < -0.3 is 14.3 Å². The molecule has 0 saturated heterocycles. The molecule has 0 aliphatic rings. The van der Waals surface area contributed by atoms with E-state index in [9.17, 15) is 24.5 Å².